The first kappa shape index (κ1) is 11.0. The van der Waals surface area contributed by atoms with Crippen LogP contribution in [-0.4, -0.2) is 6.04 Å². The summed E-state index contributed by atoms with van der Waals surface area (Å²) in [6, 6.07) is 8.29. The second-order valence-corrected chi connectivity index (χ2v) is 5.13. The first-order valence-corrected chi connectivity index (χ1v) is 6.04. The quantitative estimate of drug-likeness (QED) is 0.833. The van der Waals surface area contributed by atoms with E-state index in [4.69, 9.17) is 17.3 Å². The lowest BCUT2D eigenvalue weighted by Crippen LogP contribution is -2.31. The Morgan fingerprint density at radius 3 is 2.80 bits per heavy atom. The summed E-state index contributed by atoms with van der Waals surface area (Å²) >= 11 is 5.94. The Hall–Kier alpha value is -0.530. The molecular formula is C13H18ClN. The van der Waals surface area contributed by atoms with E-state index >= 15 is 0 Å². The van der Waals surface area contributed by atoms with E-state index < -0.39 is 0 Å². The molecule has 2 unspecified atom stereocenters. The Kier molecular flexibility index (Phi) is 3.32. The minimum Gasteiger partial charge on any atom is -0.327 e. The zero-order chi connectivity index (χ0) is 10.8. The van der Waals surface area contributed by atoms with E-state index in [1.165, 1.54) is 18.4 Å². The van der Waals surface area contributed by atoms with E-state index in [1.54, 1.807) is 0 Å². The second-order valence-electron chi connectivity index (χ2n) is 4.69. The highest BCUT2D eigenvalue weighted by Crippen LogP contribution is 2.38. The highest BCUT2D eigenvalue weighted by Gasteiger charge is 2.31. The molecule has 2 N–H and O–H groups in total. The van der Waals surface area contributed by atoms with Crippen molar-refractivity contribution in [1.29, 1.82) is 0 Å². The molecule has 0 aliphatic heterocycles. The van der Waals surface area contributed by atoms with Gasteiger partial charge >= 0.3 is 0 Å². The summed E-state index contributed by atoms with van der Waals surface area (Å²) in [6.07, 6.45) is 3.67. The van der Waals surface area contributed by atoms with Gasteiger partial charge in [0.2, 0.25) is 0 Å². The molecule has 1 fully saturated rings. The lowest BCUT2D eigenvalue weighted by atomic mass is 9.92. The maximum atomic E-state index is 6.20. The SMILES string of the molecule is CC(C(N)Cc1cccc(Cl)c1)C1CC1. The van der Waals surface area contributed by atoms with E-state index in [0.29, 0.717) is 5.92 Å². The molecule has 0 aromatic heterocycles. The van der Waals surface area contributed by atoms with Crippen LogP contribution < -0.4 is 5.73 Å². The molecule has 1 saturated carbocycles. The summed E-state index contributed by atoms with van der Waals surface area (Å²) in [5.41, 5.74) is 7.45. The standard InChI is InChI=1S/C13H18ClN/c1-9(11-5-6-11)13(15)8-10-3-2-4-12(14)7-10/h2-4,7,9,11,13H,5-6,8,15H2,1H3. The molecule has 0 saturated heterocycles. The second kappa shape index (κ2) is 4.54. The summed E-state index contributed by atoms with van der Waals surface area (Å²) < 4.78 is 0. The van der Waals surface area contributed by atoms with Crippen LogP contribution in [0.15, 0.2) is 24.3 Å². The van der Waals surface area contributed by atoms with Gasteiger partial charge in [0.05, 0.1) is 0 Å². The molecule has 2 atom stereocenters. The molecule has 2 heteroatoms. The molecule has 1 aromatic rings. The van der Waals surface area contributed by atoms with E-state index in [2.05, 4.69) is 13.0 Å². The Morgan fingerprint density at radius 1 is 1.47 bits per heavy atom. The fourth-order valence-corrected chi connectivity index (χ4v) is 2.31. The van der Waals surface area contributed by atoms with Crippen LogP contribution in [0.2, 0.25) is 5.02 Å². The predicted molar refractivity (Wildman–Crippen MR) is 65.0 cm³/mol. The van der Waals surface area contributed by atoms with Gasteiger partial charge in [-0.25, -0.2) is 0 Å². The molecule has 0 spiro atoms. The molecule has 0 bridgehead atoms. The molecule has 0 amide bonds. The van der Waals surface area contributed by atoms with Crippen LogP contribution in [0.3, 0.4) is 0 Å². The minimum absolute atomic E-state index is 0.274. The van der Waals surface area contributed by atoms with Crippen molar-refractivity contribution in [3.63, 3.8) is 0 Å². The molecule has 15 heavy (non-hydrogen) atoms. The topological polar surface area (TPSA) is 26.0 Å². The highest BCUT2D eigenvalue weighted by molar-refractivity contribution is 6.30. The van der Waals surface area contributed by atoms with Crippen LogP contribution in [0.25, 0.3) is 0 Å². The molecule has 1 aromatic carbocycles. The van der Waals surface area contributed by atoms with Gasteiger partial charge in [0.15, 0.2) is 0 Å². The lowest BCUT2D eigenvalue weighted by molar-refractivity contribution is 0.404. The lowest BCUT2D eigenvalue weighted by Gasteiger charge is -2.19. The summed E-state index contributed by atoms with van der Waals surface area (Å²) in [5.74, 6) is 1.52. The van der Waals surface area contributed by atoms with E-state index in [0.717, 1.165) is 17.4 Å². The summed E-state index contributed by atoms with van der Waals surface area (Å²) in [7, 11) is 0. The maximum Gasteiger partial charge on any atom is 0.0408 e. The van der Waals surface area contributed by atoms with Crippen LogP contribution in [-0.2, 0) is 6.42 Å². The zero-order valence-corrected chi connectivity index (χ0v) is 9.87. The molecule has 1 aliphatic carbocycles. The zero-order valence-electron chi connectivity index (χ0n) is 9.12. The molecular weight excluding hydrogens is 206 g/mol. The van der Waals surface area contributed by atoms with Gasteiger partial charge in [-0.1, -0.05) is 30.7 Å². The molecule has 0 heterocycles. The van der Waals surface area contributed by atoms with Crippen LogP contribution in [0.1, 0.15) is 25.3 Å². The average Bonchev–Trinajstić information content (AvgIpc) is 2.99. The van der Waals surface area contributed by atoms with Crippen molar-refractivity contribution in [3.05, 3.63) is 34.9 Å². The van der Waals surface area contributed by atoms with E-state index in [-0.39, 0.29) is 6.04 Å². The fourth-order valence-electron chi connectivity index (χ4n) is 2.09. The first-order valence-electron chi connectivity index (χ1n) is 5.67. The van der Waals surface area contributed by atoms with Crippen molar-refractivity contribution in [2.45, 2.75) is 32.2 Å². The van der Waals surface area contributed by atoms with Gasteiger partial charge in [-0.3, -0.25) is 0 Å². The molecule has 1 nitrogen and oxygen atoms in total. The number of hydrogen-bond acceptors (Lipinski definition) is 1. The number of nitrogens with two attached hydrogens (primary N) is 1. The number of halogens is 1. The van der Waals surface area contributed by atoms with Crippen molar-refractivity contribution < 1.29 is 0 Å². The van der Waals surface area contributed by atoms with E-state index in [1.807, 2.05) is 18.2 Å². The van der Waals surface area contributed by atoms with Gasteiger partial charge in [0, 0.05) is 11.1 Å². The monoisotopic (exact) mass is 223 g/mol. The van der Waals surface area contributed by atoms with Gasteiger partial charge in [0.25, 0.3) is 0 Å². The number of rotatable bonds is 4. The molecule has 0 radical (unpaired) electrons. The Morgan fingerprint density at radius 2 is 2.20 bits per heavy atom. The summed E-state index contributed by atoms with van der Waals surface area (Å²) in [5, 5.41) is 0.804. The molecule has 82 valence electrons. The van der Waals surface area contributed by atoms with E-state index in [9.17, 15) is 0 Å². The largest absolute Gasteiger partial charge is 0.327 e. The number of benzene rings is 1. The normalized spacial score (nSPS) is 19.9. The third-order valence-corrected chi connectivity index (χ3v) is 3.64. The highest BCUT2D eigenvalue weighted by atomic mass is 35.5. The smallest absolute Gasteiger partial charge is 0.0408 e. The van der Waals surface area contributed by atoms with Gasteiger partial charge < -0.3 is 5.73 Å². The minimum atomic E-state index is 0.274. The van der Waals surface area contributed by atoms with Gasteiger partial charge in [0.1, 0.15) is 0 Å². The van der Waals surface area contributed by atoms with Crippen molar-refractivity contribution in [2.75, 3.05) is 0 Å². The third-order valence-electron chi connectivity index (χ3n) is 3.40. The van der Waals surface area contributed by atoms with Gasteiger partial charge in [-0.2, -0.15) is 0 Å². The van der Waals surface area contributed by atoms with Crippen molar-refractivity contribution in [2.24, 2.45) is 17.6 Å². The third kappa shape index (κ3) is 2.96. The summed E-state index contributed by atoms with van der Waals surface area (Å²) in [4.78, 5) is 0. The van der Waals surface area contributed by atoms with Crippen LogP contribution in [0, 0.1) is 11.8 Å². The fraction of sp³-hybridized carbons (Fsp3) is 0.538. The van der Waals surface area contributed by atoms with Gasteiger partial charge in [-0.05, 0) is 48.8 Å². The van der Waals surface area contributed by atoms with Gasteiger partial charge in [-0.15, -0.1) is 0 Å². The molecule has 2 rings (SSSR count). The maximum absolute atomic E-state index is 6.20. The van der Waals surface area contributed by atoms with Crippen molar-refractivity contribution in [1.82, 2.24) is 0 Å². The van der Waals surface area contributed by atoms with Crippen molar-refractivity contribution >= 4 is 11.6 Å². The predicted octanol–water partition coefficient (Wildman–Crippen LogP) is 3.26. The Balaban J connectivity index is 1.95. The average molecular weight is 224 g/mol. The van der Waals surface area contributed by atoms with Crippen molar-refractivity contribution in [3.8, 4) is 0 Å². The van der Waals surface area contributed by atoms with Crippen LogP contribution >= 0.6 is 11.6 Å². The number of hydrogen-bond donors (Lipinski definition) is 1. The van der Waals surface area contributed by atoms with Crippen LogP contribution in [0.4, 0.5) is 0 Å². The summed E-state index contributed by atoms with van der Waals surface area (Å²) in [6.45, 7) is 2.27. The van der Waals surface area contributed by atoms with Crippen LogP contribution in [0.5, 0.6) is 0 Å². The molecule has 1 aliphatic rings. The first-order chi connectivity index (χ1) is 7.16. The Labute approximate surface area is 96.6 Å². The Bertz CT molecular complexity index is 333.